The highest BCUT2D eigenvalue weighted by molar-refractivity contribution is 6.92. The molecule has 4 aliphatic rings. The van der Waals surface area contributed by atoms with Gasteiger partial charge in [0.25, 0.3) is 0 Å². The first-order valence-corrected chi connectivity index (χ1v) is 27.3. The van der Waals surface area contributed by atoms with Crippen molar-refractivity contribution in [1.29, 1.82) is 0 Å². The molecule has 16 rings (SSSR count). The van der Waals surface area contributed by atoms with Crippen LogP contribution in [0.3, 0.4) is 0 Å². The van der Waals surface area contributed by atoms with Gasteiger partial charge in [-0.05, 0) is 150 Å². The van der Waals surface area contributed by atoms with Crippen molar-refractivity contribution in [1.82, 2.24) is 18.1 Å². The van der Waals surface area contributed by atoms with Crippen molar-refractivity contribution in [2.75, 3.05) is 0 Å². The molecule has 0 saturated carbocycles. The summed E-state index contributed by atoms with van der Waals surface area (Å²) in [7, 11) is 0. The summed E-state index contributed by atoms with van der Waals surface area (Å²) < 4.78 is 11.0. The third-order valence-corrected chi connectivity index (χ3v) is 18.6. The van der Waals surface area contributed by atoms with E-state index in [0.29, 0.717) is 0 Å². The Hall–Kier alpha value is -7.17. The fourth-order valence-electron chi connectivity index (χ4n) is 14.9. The van der Waals surface area contributed by atoms with Gasteiger partial charge in [-0.1, -0.05) is 156 Å². The lowest BCUT2D eigenvalue weighted by molar-refractivity contribution is 0.590. The average molecular weight is 957 g/mol. The van der Waals surface area contributed by atoms with Gasteiger partial charge in [0, 0.05) is 65.9 Å². The van der Waals surface area contributed by atoms with Crippen molar-refractivity contribution in [2.45, 2.75) is 119 Å². The van der Waals surface area contributed by atoms with E-state index < -0.39 is 0 Å². The smallest absolute Gasteiger partial charge is 0.333 e. The van der Waals surface area contributed by atoms with Gasteiger partial charge in [0.1, 0.15) is 0 Å². The second-order valence-corrected chi connectivity index (χ2v) is 27.1. The maximum atomic E-state index is 2.86. The molecule has 0 N–H and O–H groups in total. The SMILES string of the molecule is Cc1ccc2c3c1-c1cccc4c1n(c1c5cccc6c5n(c41)B1c4c(ccc(C)c4-6)-n4c5ccc(C(C)(C)C)cc5c5cc(C(C)(C)C)cc1c54)B3c1cc(C(C)(C)C)cc3c4cc(C(C)(C)C)ccc4n-2c13. The molecule has 4 aromatic heterocycles. The monoisotopic (exact) mass is 957 g/mol. The van der Waals surface area contributed by atoms with Gasteiger partial charge >= 0.3 is 13.7 Å². The second-order valence-electron chi connectivity index (χ2n) is 27.1. The highest BCUT2D eigenvalue weighted by atomic mass is 15.1. The summed E-state index contributed by atoms with van der Waals surface area (Å²) in [5.74, 6) is 0. The minimum Gasteiger partial charge on any atom is -0.374 e. The molecule has 0 spiro atoms. The van der Waals surface area contributed by atoms with E-state index in [1.54, 1.807) is 0 Å². The molecule has 0 aliphatic carbocycles. The molecule has 4 aliphatic heterocycles. The van der Waals surface area contributed by atoms with Crippen molar-refractivity contribution < 1.29 is 0 Å². The predicted octanol–water partition coefficient (Wildman–Crippen LogP) is 14.6. The summed E-state index contributed by atoms with van der Waals surface area (Å²) in [6.45, 7) is 33.0. The highest BCUT2D eigenvalue weighted by Gasteiger charge is 2.47. The molecule has 6 heteroatoms. The van der Waals surface area contributed by atoms with Crippen LogP contribution in [0.5, 0.6) is 0 Å². The maximum Gasteiger partial charge on any atom is 0.333 e. The van der Waals surface area contributed by atoms with Crippen LogP contribution in [-0.4, -0.2) is 31.8 Å². The number of nitrogens with zero attached hydrogens (tertiary/aromatic N) is 4. The van der Waals surface area contributed by atoms with Crippen molar-refractivity contribution >= 4 is 112 Å². The second kappa shape index (κ2) is 13.2. The van der Waals surface area contributed by atoms with Crippen molar-refractivity contribution in [3.05, 3.63) is 155 Å². The van der Waals surface area contributed by atoms with Gasteiger partial charge in [-0.15, -0.1) is 0 Å². The summed E-state index contributed by atoms with van der Waals surface area (Å²) in [6, 6.07) is 49.1. The molecule has 12 aromatic rings. The molecular formula is C68H62B2N4. The van der Waals surface area contributed by atoms with Crippen LogP contribution in [0.4, 0.5) is 0 Å². The van der Waals surface area contributed by atoms with E-state index in [-0.39, 0.29) is 35.4 Å². The molecule has 0 fully saturated rings. The van der Waals surface area contributed by atoms with E-state index >= 15 is 0 Å². The van der Waals surface area contributed by atoms with Crippen LogP contribution < -0.4 is 21.9 Å². The zero-order valence-electron chi connectivity index (χ0n) is 45.5. The lowest BCUT2D eigenvalue weighted by atomic mass is 9.45. The van der Waals surface area contributed by atoms with Gasteiger partial charge in [0.2, 0.25) is 0 Å². The van der Waals surface area contributed by atoms with E-state index in [1.165, 1.54) is 165 Å². The average Bonchev–Trinajstić information content (AvgIpc) is 4.15. The number of hydrogen-bond donors (Lipinski definition) is 0. The van der Waals surface area contributed by atoms with Gasteiger partial charge < -0.3 is 18.1 Å². The van der Waals surface area contributed by atoms with Crippen LogP contribution in [0.15, 0.2) is 121 Å². The van der Waals surface area contributed by atoms with E-state index in [0.717, 1.165) is 0 Å². The minimum atomic E-state index is -0.0694. The van der Waals surface area contributed by atoms with E-state index in [4.69, 9.17) is 0 Å². The van der Waals surface area contributed by atoms with E-state index in [1.807, 2.05) is 0 Å². The van der Waals surface area contributed by atoms with E-state index in [2.05, 4.69) is 236 Å². The van der Waals surface area contributed by atoms with Crippen molar-refractivity contribution in [3.8, 4) is 33.6 Å². The van der Waals surface area contributed by atoms with Crippen molar-refractivity contribution in [3.63, 3.8) is 0 Å². The summed E-state index contributed by atoms with van der Waals surface area (Å²) in [6.07, 6.45) is 0. The predicted molar refractivity (Wildman–Crippen MR) is 320 cm³/mol. The number of hydrogen-bond acceptors (Lipinski definition) is 0. The Morgan fingerprint density at radius 1 is 0.338 bits per heavy atom. The molecule has 8 heterocycles. The van der Waals surface area contributed by atoms with Gasteiger partial charge in [-0.2, -0.15) is 0 Å². The fourth-order valence-corrected chi connectivity index (χ4v) is 14.9. The van der Waals surface area contributed by atoms with Crippen LogP contribution >= 0.6 is 0 Å². The topological polar surface area (TPSA) is 19.7 Å². The molecular weight excluding hydrogens is 894 g/mol. The van der Waals surface area contributed by atoms with Crippen LogP contribution in [0.2, 0.25) is 0 Å². The molecule has 0 saturated heterocycles. The number of fused-ring (bicyclic) bond motifs is 19. The van der Waals surface area contributed by atoms with Crippen LogP contribution in [-0.2, 0) is 21.7 Å². The van der Waals surface area contributed by atoms with Gasteiger partial charge in [0.15, 0.2) is 0 Å². The first-order valence-electron chi connectivity index (χ1n) is 27.3. The van der Waals surface area contributed by atoms with Crippen LogP contribution in [0.1, 0.15) is 116 Å². The third-order valence-electron chi connectivity index (χ3n) is 18.6. The van der Waals surface area contributed by atoms with Gasteiger partial charge in [0.05, 0.1) is 33.1 Å². The largest absolute Gasteiger partial charge is 0.374 e. The lowest BCUT2D eigenvalue weighted by Crippen LogP contribution is -2.55. The number of benzene rings is 8. The molecule has 0 bridgehead atoms. The standard InChI is InChI=1S/C68H62B2N4/c1-35-21-25-53-57-55(35)41-17-15-19-43-59(41)73(69(57)49-33-39(67(9,10)11)31-47-45-29-37(65(3,4)5)23-27-51(45)71(53)61(47)49)64-44-20-16-18-42-56-36(2)22-26-54-58(56)70(74(60(42)44)63(43)64)50-34-40(68(12,13)14)32-48-46-30-38(66(6,7)8)24-28-52(46)72(54)62(48)50/h15-34H,1-14H3. The number of aromatic nitrogens is 4. The molecule has 0 amide bonds. The van der Waals surface area contributed by atoms with E-state index in [9.17, 15) is 0 Å². The molecule has 0 radical (unpaired) electrons. The third kappa shape index (κ3) is 5.04. The summed E-state index contributed by atoms with van der Waals surface area (Å²) >= 11 is 0. The zero-order chi connectivity index (χ0) is 50.9. The van der Waals surface area contributed by atoms with Crippen LogP contribution in [0.25, 0.3) is 110 Å². The first-order chi connectivity index (χ1) is 35.1. The fraction of sp³-hybridized carbons (Fsp3) is 0.265. The van der Waals surface area contributed by atoms with Crippen molar-refractivity contribution in [2.24, 2.45) is 0 Å². The molecule has 74 heavy (non-hydrogen) atoms. The Labute approximate surface area is 434 Å². The Morgan fingerprint density at radius 3 is 1.09 bits per heavy atom. The summed E-state index contributed by atoms with van der Waals surface area (Å²) in [5.41, 5.74) is 32.4. The van der Waals surface area contributed by atoms with Crippen LogP contribution in [0, 0.1) is 13.8 Å². The Bertz CT molecular complexity index is 4370. The number of aryl methyl sites for hydroxylation is 2. The first kappa shape index (κ1) is 43.3. The minimum absolute atomic E-state index is 0.0190. The number of para-hydroxylation sites is 2. The van der Waals surface area contributed by atoms with Gasteiger partial charge in [-0.3, -0.25) is 0 Å². The van der Waals surface area contributed by atoms with Gasteiger partial charge in [-0.25, -0.2) is 0 Å². The zero-order valence-corrected chi connectivity index (χ0v) is 45.5. The Morgan fingerprint density at radius 2 is 0.716 bits per heavy atom. The Balaban J connectivity index is 1.10. The molecule has 360 valence electrons. The molecule has 0 atom stereocenters. The summed E-state index contributed by atoms with van der Waals surface area (Å²) in [5, 5.41) is 8.07. The quantitative estimate of drug-likeness (QED) is 0.135. The molecule has 0 unspecified atom stereocenters. The highest BCUT2D eigenvalue weighted by Crippen LogP contribution is 2.51. The lowest BCUT2D eigenvalue weighted by Gasteiger charge is -2.36. The number of rotatable bonds is 0. The normalized spacial score (nSPS) is 14.6. The maximum absolute atomic E-state index is 2.86. The molecule has 4 nitrogen and oxygen atoms in total. The Kier molecular flexibility index (Phi) is 7.71. The summed E-state index contributed by atoms with van der Waals surface area (Å²) in [4.78, 5) is 0. The molecule has 8 aromatic carbocycles.